The van der Waals surface area contributed by atoms with Crippen LogP contribution < -0.4 is 5.73 Å². The Kier molecular flexibility index (Phi) is 3.20. The average Bonchev–Trinajstić information content (AvgIpc) is 2.64. The van der Waals surface area contributed by atoms with Gasteiger partial charge in [0.25, 0.3) is 0 Å². The molecular weight excluding hydrogens is 210 g/mol. The highest BCUT2D eigenvalue weighted by Crippen LogP contribution is 2.24. The molecule has 1 aromatic carbocycles. The van der Waals surface area contributed by atoms with Gasteiger partial charge >= 0.3 is 0 Å². The van der Waals surface area contributed by atoms with E-state index in [1.54, 1.807) is 0 Å². The molecule has 0 amide bonds. The van der Waals surface area contributed by atoms with Crippen LogP contribution in [0.15, 0.2) is 18.2 Å². The van der Waals surface area contributed by atoms with Crippen LogP contribution in [0.1, 0.15) is 38.1 Å². The molecule has 0 bridgehead atoms. The Morgan fingerprint density at radius 3 is 2.65 bits per heavy atom. The maximum absolute atomic E-state index is 5.99. The summed E-state index contributed by atoms with van der Waals surface area (Å²) in [5, 5.41) is 0. The van der Waals surface area contributed by atoms with Crippen LogP contribution in [0.5, 0.6) is 0 Å². The molecule has 0 radical (unpaired) electrons. The smallest absolute Gasteiger partial charge is 0.114 e. The van der Waals surface area contributed by atoms with E-state index in [4.69, 9.17) is 10.7 Å². The van der Waals surface area contributed by atoms with Gasteiger partial charge in [0.1, 0.15) is 5.82 Å². The Balaban J connectivity index is 2.63. The number of aromatic nitrogens is 2. The van der Waals surface area contributed by atoms with Crippen LogP contribution in [-0.4, -0.2) is 15.6 Å². The minimum absolute atomic E-state index is 0.123. The third kappa shape index (κ3) is 2.07. The highest BCUT2D eigenvalue weighted by Gasteiger charge is 2.18. The van der Waals surface area contributed by atoms with Crippen molar-refractivity contribution < 1.29 is 0 Å². The lowest BCUT2D eigenvalue weighted by Crippen LogP contribution is -2.25. The molecule has 2 aromatic rings. The number of benzene rings is 1. The second-order valence-electron chi connectivity index (χ2n) is 4.85. The van der Waals surface area contributed by atoms with E-state index >= 15 is 0 Å². The van der Waals surface area contributed by atoms with Gasteiger partial charge in [0, 0.05) is 18.5 Å². The van der Waals surface area contributed by atoms with Crippen LogP contribution in [-0.2, 0) is 6.54 Å². The van der Waals surface area contributed by atoms with Crippen molar-refractivity contribution in [2.45, 2.75) is 46.2 Å². The van der Waals surface area contributed by atoms with Gasteiger partial charge < -0.3 is 10.3 Å². The molecule has 1 heterocycles. The zero-order valence-corrected chi connectivity index (χ0v) is 11.1. The van der Waals surface area contributed by atoms with Crippen molar-refractivity contribution in [1.29, 1.82) is 0 Å². The lowest BCUT2D eigenvalue weighted by Gasteiger charge is -2.16. The molecule has 0 saturated carbocycles. The van der Waals surface area contributed by atoms with E-state index in [-0.39, 0.29) is 12.0 Å². The maximum atomic E-state index is 5.99. The van der Waals surface area contributed by atoms with Gasteiger partial charge in [0.2, 0.25) is 0 Å². The molecule has 2 N–H and O–H groups in total. The molecule has 2 unspecified atom stereocenters. The Morgan fingerprint density at radius 1 is 1.35 bits per heavy atom. The first-order chi connectivity index (χ1) is 8.04. The first-order valence-electron chi connectivity index (χ1n) is 6.27. The first-order valence-corrected chi connectivity index (χ1v) is 6.27. The minimum atomic E-state index is 0.123. The zero-order valence-electron chi connectivity index (χ0n) is 11.1. The van der Waals surface area contributed by atoms with Crippen molar-refractivity contribution in [3.05, 3.63) is 29.6 Å². The van der Waals surface area contributed by atoms with Crippen molar-refractivity contribution in [3.63, 3.8) is 0 Å². The predicted octanol–water partition coefficient (Wildman–Crippen LogP) is 2.82. The van der Waals surface area contributed by atoms with Gasteiger partial charge in [0.15, 0.2) is 0 Å². The molecule has 2 atom stereocenters. The summed E-state index contributed by atoms with van der Waals surface area (Å²) in [4.78, 5) is 4.75. The summed E-state index contributed by atoms with van der Waals surface area (Å²) in [6, 6.07) is 6.55. The third-order valence-corrected chi connectivity index (χ3v) is 3.45. The molecule has 3 nitrogen and oxygen atoms in total. The Hall–Kier alpha value is -1.35. The van der Waals surface area contributed by atoms with Crippen molar-refractivity contribution in [2.24, 2.45) is 5.73 Å². The fourth-order valence-corrected chi connectivity index (χ4v) is 2.17. The summed E-state index contributed by atoms with van der Waals surface area (Å²) >= 11 is 0. The van der Waals surface area contributed by atoms with Crippen LogP contribution in [0.3, 0.4) is 0 Å². The number of fused-ring (bicyclic) bond motifs is 1. The predicted molar refractivity (Wildman–Crippen MR) is 72.2 cm³/mol. The van der Waals surface area contributed by atoms with Crippen molar-refractivity contribution in [3.8, 4) is 0 Å². The van der Waals surface area contributed by atoms with Gasteiger partial charge in [-0.3, -0.25) is 0 Å². The van der Waals surface area contributed by atoms with E-state index in [1.165, 1.54) is 11.1 Å². The van der Waals surface area contributed by atoms with E-state index in [1.807, 2.05) is 6.92 Å². The van der Waals surface area contributed by atoms with Crippen LogP contribution in [0.2, 0.25) is 0 Å². The van der Waals surface area contributed by atoms with E-state index < -0.39 is 0 Å². The van der Waals surface area contributed by atoms with Gasteiger partial charge in [-0.1, -0.05) is 13.0 Å². The second kappa shape index (κ2) is 4.49. The highest BCUT2D eigenvalue weighted by atomic mass is 15.1. The van der Waals surface area contributed by atoms with E-state index in [0.717, 1.165) is 17.9 Å². The first kappa shape index (κ1) is 12.1. The molecule has 3 heteroatoms. The summed E-state index contributed by atoms with van der Waals surface area (Å²) in [5.74, 6) is 1.38. The average molecular weight is 231 g/mol. The maximum Gasteiger partial charge on any atom is 0.114 e. The Labute approximate surface area is 103 Å². The lowest BCUT2D eigenvalue weighted by molar-refractivity contribution is 0.551. The third-order valence-electron chi connectivity index (χ3n) is 3.45. The largest absolute Gasteiger partial charge is 0.328 e. The second-order valence-corrected chi connectivity index (χ2v) is 4.85. The summed E-state index contributed by atoms with van der Waals surface area (Å²) in [7, 11) is 0. The summed E-state index contributed by atoms with van der Waals surface area (Å²) < 4.78 is 2.27. The van der Waals surface area contributed by atoms with Gasteiger partial charge in [-0.15, -0.1) is 0 Å². The van der Waals surface area contributed by atoms with Crippen LogP contribution in [0.25, 0.3) is 11.0 Å². The topological polar surface area (TPSA) is 43.8 Å². The number of hydrogen-bond acceptors (Lipinski definition) is 2. The molecule has 0 fully saturated rings. The highest BCUT2D eigenvalue weighted by molar-refractivity contribution is 5.77. The van der Waals surface area contributed by atoms with Crippen LogP contribution in [0, 0.1) is 6.92 Å². The number of nitrogens with zero attached hydrogens (tertiary/aromatic N) is 2. The van der Waals surface area contributed by atoms with Gasteiger partial charge in [0.05, 0.1) is 11.0 Å². The molecule has 0 spiro atoms. The van der Waals surface area contributed by atoms with Crippen molar-refractivity contribution in [1.82, 2.24) is 9.55 Å². The minimum Gasteiger partial charge on any atom is -0.328 e. The van der Waals surface area contributed by atoms with E-state index in [2.05, 4.69) is 43.5 Å². The lowest BCUT2D eigenvalue weighted by atomic mass is 10.0. The summed E-state index contributed by atoms with van der Waals surface area (Å²) in [5.41, 5.74) is 9.53. The monoisotopic (exact) mass is 231 g/mol. The zero-order chi connectivity index (χ0) is 12.6. The molecule has 0 saturated heterocycles. The number of nitrogens with two attached hydrogens (primary N) is 1. The van der Waals surface area contributed by atoms with Crippen molar-refractivity contribution >= 4 is 11.0 Å². The molecule has 17 heavy (non-hydrogen) atoms. The molecule has 1 aromatic heterocycles. The quantitative estimate of drug-likeness (QED) is 0.882. The fraction of sp³-hybridized carbons (Fsp3) is 0.500. The standard InChI is InChI=1S/C14H21N3/c1-5-17-13-7-6-9(2)8-12(13)16-14(17)10(3)11(4)15/h6-8,10-11H,5,15H2,1-4H3. The molecule has 0 aliphatic heterocycles. The molecular formula is C14H21N3. The van der Waals surface area contributed by atoms with Crippen LogP contribution >= 0.6 is 0 Å². The number of imidazole rings is 1. The SMILES string of the molecule is CCn1c(C(C)C(C)N)nc2cc(C)ccc21. The Morgan fingerprint density at radius 2 is 2.06 bits per heavy atom. The number of aryl methyl sites for hydroxylation is 2. The number of hydrogen-bond donors (Lipinski definition) is 1. The van der Waals surface area contributed by atoms with Gasteiger partial charge in [-0.05, 0) is 38.5 Å². The van der Waals surface area contributed by atoms with Gasteiger partial charge in [-0.2, -0.15) is 0 Å². The summed E-state index contributed by atoms with van der Waals surface area (Å²) in [6.07, 6.45) is 0. The van der Waals surface area contributed by atoms with Gasteiger partial charge in [-0.25, -0.2) is 4.98 Å². The molecule has 0 aliphatic rings. The molecule has 92 valence electrons. The van der Waals surface area contributed by atoms with Crippen LogP contribution in [0.4, 0.5) is 0 Å². The number of rotatable bonds is 3. The molecule has 0 aliphatic carbocycles. The summed E-state index contributed by atoms with van der Waals surface area (Å²) in [6.45, 7) is 9.36. The van der Waals surface area contributed by atoms with Crippen molar-refractivity contribution in [2.75, 3.05) is 0 Å². The van der Waals surface area contributed by atoms with E-state index in [9.17, 15) is 0 Å². The Bertz CT molecular complexity index is 525. The fourth-order valence-electron chi connectivity index (χ4n) is 2.17. The normalized spacial score (nSPS) is 15.1. The molecule has 2 rings (SSSR count). The van der Waals surface area contributed by atoms with E-state index in [0.29, 0.717) is 0 Å².